The predicted octanol–water partition coefficient (Wildman–Crippen LogP) is 4.67. The summed E-state index contributed by atoms with van der Waals surface area (Å²) in [5.74, 6) is 2.96. The minimum atomic E-state index is 0.467. The molecular weight excluding hydrogens is 538 g/mol. The van der Waals surface area contributed by atoms with E-state index in [1.165, 1.54) is 50.3 Å². The Balaban J connectivity index is 1.13. The summed E-state index contributed by atoms with van der Waals surface area (Å²) >= 11 is 6.65. The van der Waals surface area contributed by atoms with Crippen molar-refractivity contribution in [3.05, 3.63) is 58.7 Å². The topological polar surface area (TPSA) is 69.2 Å². The number of nitrogens with one attached hydrogen (secondary N) is 1. The molecule has 2 fully saturated rings. The minimum absolute atomic E-state index is 0.467. The Hall–Kier alpha value is -3.27. The molecule has 3 aliphatic heterocycles. The first-order valence-electron chi connectivity index (χ1n) is 14.6. The van der Waals surface area contributed by atoms with E-state index in [1.54, 1.807) is 14.2 Å². The summed E-state index contributed by atoms with van der Waals surface area (Å²) in [5.41, 5.74) is 4.18. The van der Waals surface area contributed by atoms with E-state index in [0.717, 1.165) is 61.2 Å². The fraction of sp³-hybridized carbons (Fsp3) is 0.484. The number of nitrogens with zero attached hydrogens (tertiary/aromatic N) is 6. The third-order valence-corrected chi connectivity index (χ3v) is 9.03. The Morgan fingerprint density at radius 3 is 2.37 bits per heavy atom. The van der Waals surface area contributed by atoms with E-state index in [-0.39, 0.29) is 0 Å². The first-order valence-corrected chi connectivity index (χ1v) is 15.0. The molecule has 1 N–H and O–H groups in total. The second-order valence-corrected chi connectivity index (χ2v) is 11.6. The van der Waals surface area contributed by atoms with Gasteiger partial charge in [-0.1, -0.05) is 23.7 Å². The molecule has 9 nitrogen and oxygen atoms in total. The summed E-state index contributed by atoms with van der Waals surface area (Å²) in [6.45, 7) is 8.42. The van der Waals surface area contributed by atoms with Gasteiger partial charge in [0.15, 0.2) is 0 Å². The van der Waals surface area contributed by atoms with Gasteiger partial charge in [0, 0.05) is 75.7 Å². The fourth-order valence-electron chi connectivity index (χ4n) is 6.21. The number of ether oxygens (including phenoxy) is 2. The zero-order valence-electron chi connectivity index (χ0n) is 24.3. The summed E-state index contributed by atoms with van der Waals surface area (Å²) in [5, 5.41) is 3.87. The van der Waals surface area contributed by atoms with Crippen LogP contribution in [0.25, 0.3) is 0 Å². The van der Waals surface area contributed by atoms with Crippen LogP contribution >= 0.6 is 11.6 Å². The van der Waals surface area contributed by atoms with E-state index >= 15 is 0 Å². The van der Waals surface area contributed by atoms with E-state index in [2.05, 4.69) is 67.3 Å². The van der Waals surface area contributed by atoms with Gasteiger partial charge in [-0.3, -0.25) is 4.90 Å². The average molecular weight is 578 g/mol. The van der Waals surface area contributed by atoms with Crippen LogP contribution in [0.15, 0.2) is 42.5 Å². The molecule has 218 valence electrons. The molecule has 0 radical (unpaired) electrons. The molecule has 0 spiro atoms. The Kier molecular flexibility index (Phi) is 8.37. The molecule has 2 aromatic carbocycles. The van der Waals surface area contributed by atoms with Crippen molar-refractivity contribution in [1.29, 1.82) is 0 Å². The van der Waals surface area contributed by atoms with E-state index in [0.29, 0.717) is 17.1 Å². The highest BCUT2D eigenvalue weighted by molar-refractivity contribution is 6.30. The van der Waals surface area contributed by atoms with Crippen molar-refractivity contribution < 1.29 is 9.47 Å². The summed E-state index contributed by atoms with van der Waals surface area (Å²) in [6.07, 6.45) is 3.22. The van der Waals surface area contributed by atoms with Gasteiger partial charge >= 0.3 is 0 Å². The van der Waals surface area contributed by atoms with Gasteiger partial charge in [0.25, 0.3) is 0 Å². The number of halogens is 1. The normalized spacial score (nSPS) is 18.4. The lowest BCUT2D eigenvalue weighted by Gasteiger charge is -2.42. The number of benzene rings is 2. The van der Waals surface area contributed by atoms with Crippen molar-refractivity contribution in [3.8, 4) is 11.5 Å². The Morgan fingerprint density at radius 2 is 1.66 bits per heavy atom. The van der Waals surface area contributed by atoms with Crippen molar-refractivity contribution >= 4 is 34.7 Å². The Morgan fingerprint density at radius 1 is 0.902 bits per heavy atom. The van der Waals surface area contributed by atoms with Crippen LogP contribution in [0.5, 0.6) is 11.5 Å². The molecule has 41 heavy (non-hydrogen) atoms. The molecule has 0 bridgehead atoms. The molecule has 2 saturated heterocycles. The Bertz CT molecular complexity index is 1340. The molecule has 0 unspecified atom stereocenters. The summed E-state index contributed by atoms with van der Waals surface area (Å²) < 4.78 is 11.1. The lowest BCUT2D eigenvalue weighted by Crippen LogP contribution is -2.52. The number of hydrogen-bond donors (Lipinski definition) is 1. The number of likely N-dealkylation sites (N-methyl/N-ethyl adjacent to an activating group) is 1. The number of methoxy groups -OCH3 is 2. The van der Waals surface area contributed by atoms with Crippen LogP contribution < -0.4 is 24.6 Å². The maximum Gasteiger partial charge on any atom is 0.230 e. The van der Waals surface area contributed by atoms with E-state index in [1.807, 2.05) is 12.1 Å². The van der Waals surface area contributed by atoms with Crippen LogP contribution in [0.2, 0.25) is 5.15 Å². The molecule has 0 saturated carbocycles. The SMILES string of the molecule is COc1ccc(CN2CCc3c(Cl)nc(Nc4ccc(N5CCC(N6CCN(C)CC6)CC5)cc4OC)nc32)cc1. The molecule has 3 aliphatic rings. The second-order valence-electron chi connectivity index (χ2n) is 11.2. The minimum Gasteiger partial charge on any atom is -0.497 e. The van der Waals surface area contributed by atoms with Gasteiger partial charge < -0.3 is 29.5 Å². The third kappa shape index (κ3) is 6.17. The molecule has 10 heteroatoms. The zero-order valence-corrected chi connectivity index (χ0v) is 25.0. The van der Waals surface area contributed by atoms with Crippen molar-refractivity contribution in [2.75, 3.05) is 82.2 Å². The highest BCUT2D eigenvalue weighted by Gasteiger charge is 2.28. The Labute approximate surface area is 248 Å². The van der Waals surface area contributed by atoms with Gasteiger partial charge in [-0.25, -0.2) is 4.98 Å². The maximum atomic E-state index is 6.65. The molecule has 0 atom stereocenters. The number of piperazine rings is 1. The lowest BCUT2D eigenvalue weighted by atomic mass is 10.0. The molecule has 0 aliphatic carbocycles. The van der Waals surface area contributed by atoms with Crippen LogP contribution in [-0.4, -0.2) is 92.9 Å². The number of anilines is 4. The van der Waals surface area contributed by atoms with Crippen LogP contribution in [0.4, 0.5) is 23.1 Å². The molecule has 3 aromatic rings. The van der Waals surface area contributed by atoms with Crippen LogP contribution in [0.3, 0.4) is 0 Å². The quantitative estimate of drug-likeness (QED) is 0.385. The molecule has 0 amide bonds. The number of fused-ring (bicyclic) bond motifs is 1. The zero-order chi connectivity index (χ0) is 28.3. The monoisotopic (exact) mass is 577 g/mol. The van der Waals surface area contributed by atoms with E-state index in [4.69, 9.17) is 26.1 Å². The summed E-state index contributed by atoms with van der Waals surface area (Å²) in [7, 11) is 5.60. The highest BCUT2D eigenvalue weighted by Crippen LogP contribution is 2.36. The van der Waals surface area contributed by atoms with Crippen molar-refractivity contribution in [3.63, 3.8) is 0 Å². The second kappa shape index (κ2) is 12.3. The number of hydrogen-bond acceptors (Lipinski definition) is 9. The third-order valence-electron chi connectivity index (χ3n) is 8.71. The van der Waals surface area contributed by atoms with Crippen molar-refractivity contribution in [1.82, 2.24) is 19.8 Å². The number of aromatic nitrogens is 2. The van der Waals surface area contributed by atoms with Gasteiger partial charge in [-0.05, 0) is 56.1 Å². The first kappa shape index (κ1) is 27.9. The standard InChI is InChI=1S/C31H40ClN7O2/c1-36-16-18-38(19-17-36)23-10-13-37(14-11-23)24-6-9-27(28(20-24)41-3)33-31-34-29(32)26-12-15-39(30(26)35-31)21-22-4-7-25(40-2)8-5-22/h4-9,20,23H,10-19,21H2,1-3H3,(H,33,34,35). The highest BCUT2D eigenvalue weighted by atomic mass is 35.5. The molecule has 1 aromatic heterocycles. The van der Waals surface area contributed by atoms with Crippen molar-refractivity contribution in [2.45, 2.75) is 31.8 Å². The van der Waals surface area contributed by atoms with E-state index < -0.39 is 0 Å². The number of rotatable bonds is 8. The van der Waals surface area contributed by atoms with Gasteiger partial charge in [0.1, 0.15) is 22.5 Å². The van der Waals surface area contributed by atoms with E-state index in [9.17, 15) is 0 Å². The molecule has 4 heterocycles. The molecule has 6 rings (SSSR count). The predicted molar refractivity (Wildman–Crippen MR) is 165 cm³/mol. The van der Waals surface area contributed by atoms with Gasteiger partial charge in [0.2, 0.25) is 5.95 Å². The van der Waals surface area contributed by atoms with Gasteiger partial charge in [-0.15, -0.1) is 0 Å². The first-order chi connectivity index (χ1) is 20.0. The lowest BCUT2D eigenvalue weighted by molar-refractivity contribution is 0.0982. The summed E-state index contributed by atoms with van der Waals surface area (Å²) in [6, 6.07) is 15.2. The van der Waals surface area contributed by atoms with Gasteiger partial charge in [0.05, 0.1) is 19.9 Å². The maximum absolute atomic E-state index is 6.65. The van der Waals surface area contributed by atoms with Crippen LogP contribution in [0.1, 0.15) is 24.0 Å². The van der Waals surface area contributed by atoms with Crippen molar-refractivity contribution in [2.24, 2.45) is 0 Å². The fourth-order valence-corrected chi connectivity index (χ4v) is 6.47. The summed E-state index contributed by atoms with van der Waals surface area (Å²) in [4.78, 5) is 19.3. The largest absolute Gasteiger partial charge is 0.497 e. The van der Waals surface area contributed by atoms with Crippen LogP contribution in [0, 0.1) is 0 Å². The molecular formula is C31H40ClN7O2. The van der Waals surface area contributed by atoms with Crippen LogP contribution in [-0.2, 0) is 13.0 Å². The number of piperidine rings is 1. The smallest absolute Gasteiger partial charge is 0.230 e. The van der Waals surface area contributed by atoms with Gasteiger partial charge in [-0.2, -0.15) is 4.98 Å². The average Bonchev–Trinajstić information content (AvgIpc) is 3.41.